The highest BCUT2D eigenvalue weighted by Gasteiger charge is 2.31. The summed E-state index contributed by atoms with van der Waals surface area (Å²) in [5, 5.41) is 5.12. The minimum Gasteiger partial charge on any atom is -0.495 e. The predicted octanol–water partition coefficient (Wildman–Crippen LogP) is 3.18. The molecule has 32 heavy (non-hydrogen) atoms. The first-order valence-electron chi connectivity index (χ1n) is 11.2. The van der Waals surface area contributed by atoms with E-state index in [9.17, 15) is 13.2 Å². The molecule has 4 rings (SSSR count). The van der Waals surface area contributed by atoms with Crippen LogP contribution >= 0.6 is 11.3 Å². The number of rotatable bonds is 8. The van der Waals surface area contributed by atoms with Crippen molar-refractivity contribution in [2.75, 3.05) is 39.8 Å². The van der Waals surface area contributed by atoms with Gasteiger partial charge in [0.15, 0.2) is 0 Å². The molecule has 1 amide bonds. The van der Waals surface area contributed by atoms with Crippen molar-refractivity contribution in [1.29, 1.82) is 0 Å². The Hall–Kier alpha value is -1.94. The number of thiophene rings is 1. The summed E-state index contributed by atoms with van der Waals surface area (Å²) >= 11 is 1.77. The quantitative estimate of drug-likeness (QED) is 0.632. The van der Waals surface area contributed by atoms with E-state index in [4.69, 9.17) is 4.74 Å². The second-order valence-corrected chi connectivity index (χ2v) is 11.4. The third kappa shape index (κ3) is 5.33. The van der Waals surface area contributed by atoms with Crippen LogP contribution in [0.25, 0.3) is 0 Å². The van der Waals surface area contributed by atoms with E-state index in [0.29, 0.717) is 31.1 Å². The molecule has 2 aromatic rings. The van der Waals surface area contributed by atoms with E-state index in [1.54, 1.807) is 23.5 Å². The molecule has 1 unspecified atom stereocenters. The van der Waals surface area contributed by atoms with Crippen molar-refractivity contribution < 1.29 is 17.9 Å². The maximum atomic E-state index is 13.1. The highest BCUT2D eigenvalue weighted by atomic mass is 32.2. The number of ether oxygens (including phenoxy) is 1. The molecule has 0 radical (unpaired) electrons. The molecule has 1 atom stereocenters. The highest BCUT2D eigenvalue weighted by molar-refractivity contribution is 7.89. The van der Waals surface area contributed by atoms with Gasteiger partial charge >= 0.3 is 0 Å². The van der Waals surface area contributed by atoms with Gasteiger partial charge in [0.25, 0.3) is 5.91 Å². The fourth-order valence-electron chi connectivity index (χ4n) is 4.51. The minimum atomic E-state index is -3.68. The van der Waals surface area contributed by atoms with Crippen molar-refractivity contribution in [2.45, 2.75) is 37.1 Å². The summed E-state index contributed by atoms with van der Waals surface area (Å²) in [5.74, 6) is 0.407. The molecule has 174 valence electrons. The van der Waals surface area contributed by atoms with Crippen LogP contribution in [0, 0.1) is 5.92 Å². The van der Waals surface area contributed by atoms with E-state index < -0.39 is 10.0 Å². The molecule has 9 heteroatoms. The lowest BCUT2D eigenvalue weighted by Crippen LogP contribution is -2.40. The molecule has 1 N–H and O–H groups in total. The highest BCUT2D eigenvalue weighted by Crippen LogP contribution is 2.30. The monoisotopic (exact) mass is 477 g/mol. The molecule has 2 aliphatic heterocycles. The lowest BCUT2D eigenvalue weighted by Gasteiger charge is -2.32. The van der Waals surface area contributed by atoms with Gasteiger partial charge in [0.05, 0.1) is 7.11 Å². The number of carbonyl (C=O) groups is 1. The van der Waals surface area contributed by atoms with Crippen molar-refractivity contribution in [1.82, 2.24) is 14.5 Å². The van der Waals surface area contributed by atoms with Crippen molar-refractivity contribution in [2.24, 2.45) is 5.92 Å². The van der Waals surface area contributed by atoms with E-state index >= 15 is 0 Å². The average Bonchev–Trinajstić information content (AvgIpc) is 3.52. The van der Waals surface area contributed by atoms with Crippen LogP contribution in [0.4, 0.5) is 0 Å². The van der Waals surface area contributed by atoms with Crippen molar-refractivity contribution in [3.05, 3.63) is 46.2 Å². The fourth-order valence-corrected chi connectivity index (χ4v) is 6.96. The van der Waals surface area contributed by atoms with Gasteiger partial charge < -0.3 is 10.1 Å². The number of hydrogen-bond acceptors (Lipinski definition) is 6. The fraction of sp³-hybridized carbons (Fsp3) is 0.522. The van der Waals surface area contributed by atoms with E-state index in [0.717, 1.165) is 45.3 Å². The second-order valence-electron chi connectivity index (χ2n) is 8.51. The number of benzene rings is 1. The molecule has 2 saturated heterocycles. The molecule has 2 aliphatic rings. The van der Waals surface area contributed by atoms with E-state index in [1.165, 1.54) is 22.4 Å². The Balaban J connectivity index is 1.40. The third-order valence-corrected chi connectivity index (χ3v) is 9.00. The normalized spacial score (nSPS) is 20.3. The standard InChI is InChI=1S/C23H31N3O4S2/c1-30-21-9-8-19(14-22(21)32(28,29)26-11-2-3-12-26)23(27)24-15-18-6-4-10-25(16-18)17-20-7-5-13-31-20/h5,7-9,13-14,18H,2-4,6,10-12,15-17H2,1H3,(H,24,27). The zero-order chi connectivity index (χ0) is 22.6. The first kappa shape index (κ1) is 23.2. The maximum Gasteiger partial charge on any atom is 0.251 e. The van der Waals surface area contributed by atoms with Crippen LogP contribution in [-0.4, -0.2) is 63.4 Å². The number of amides is 1. The van der Waals surface area contributed by atoms with Crippen LogP contribution in [0.2, 0.25) is 0 Å². The zero-order valence-electron chi connectivity index (χ0n) is 18.5. The summed E-state index contributed by atoms with van der Waals surface area (Å²) in [6, 6.07) is 8.89. The number of piperidine rings is 1. The smallest absolute Gasteiger partial charge is 0.251 e. The summed E-state index contributed by atoms with van der Waals surface area (Å²) in [6.45, 7) is 4.59. The molecule has 1 aromatic heterocycles. The topological polar surface area (TPSA) is 79.0 Å². The van der Waals surface area contributed by atoms with E-state index in [-0.39, 0.29) is 16.6 Å². The number of sulfonamides is 1. The molecular formula is C23H31N3O4S2. The molecule has 0 bridgehead atoms. The van der Waals surface area contributed by atoms with Crippen LogP contribution in [-0.2, 0) is 16.6 Å². The van der Waals surface area contributed by atoms with Gasteiger partial charge in [0.2, 0.25) is 10.0 Å². The van der Waals surface area contributed by atoms with Crippen LogP contribution in [0.1, 0.15) is 40.9 Å². The Kier molecular flexibility index (Phi) is 7.50. The molecule has 7 nitrogen and oxygen atoms in total. The summed E-state index contributed by atoms with van der Waals surface area (Å²) in [7, 11) is -2.23. The first-order chi connectivity index (χ1) is 15.5. The lowest BCUT2D eigenvalue weighted by atomic mass is 9.98. The lowest BCUT2D eigenvalue weighted by molar-refractivity contribution is 0.0930. The Bertz CT molecular complexity index is 1020. The summed E-state index contributed by atoms with van der Waals surface area (Å²) in [5.41, 5.74) is 0.342. The molecule has 0 aliphatic carbocycles. The number of nitrogens with zero attached hydrogens (tertiary/aromatic N) is 2. The van der Waals surface area contributed by atoms with Gasteiger partial charge in [0, 0.05) is 43.2 Å². The number of methoxy groups -OCH3 is 1. The first-order valence-corrected chi connectivity index (χ1v) is 13.5. The van der Waals surface area contributed by atoms with Crippen molar-refractivity contribution >= 4 is 27.3 Å². The van der Waals surface area contributed by atoms with E-state index in [1.807, 2.05) is 0 Å². The number of nitrogens with one attached hydrogen (secondary N) is 1. The molecule has 0 saturated carbocycles. The van der Waals surface area contributed by atoms with Crippen LogP contribution in [0.5, 0.6) is 5.75 Å². The number of carbonyl (C=O) groups excluding carboxylic acids is 1. The Labute approximate surface area is 194 Å². The Morgan fingerprint density at radius 3 is 2.72 bits per heavy atom. The number of likely N-dealkylation sites (tertiary alicyclic amines) is 1. The molecular weight excluding hydrogens is 446 g/mol. The summed E-state index contributed by atoms with van der Waals surface area (Å²) in [4.78, 5) is 16.7. The van der Waals surface area contributed by atoms with Gasteiger partial charge in [-0.2, -0.15) is 4.31 Å². The van der Waals surface area contributed by atoms with Gasteiger partial charge in [-0.1, -0.05) is 6.07 Å². The SMILES string of the molecule is COc1ccc(C(=O)NCC2CCCN(Cc3cccs3)C2)cc1S(=O)(=O)N1CCCC1. The van der Waals surface area contributed by atoms with Gasteiger partial charge in [-0.3, -0.25) is 9.69 Å². The third-order valence-electron chi connectivity index (χ3n) is 6.22. The van der Waals surface area contributed by atoms with Crippen molar-refractivity contribution in [3.63, 3.8) is 0 Å². The number of hydrogen-bond donors (Lipinski definition) is 1. The molecule has 0 spiro atoms. The van der Waals surface area contributed by atoms with Crippen LogP contribution in [0.15, 0.2) is 40.6 Å². The zero-order valence-corrected chi connectivity index (χ0v) is 20.1. The Morgan fingerprint density at radius 2 is 2.00 bits per heavy atom. The van der Waals surface area contributed by atoms with Gasteiger partial charge in [-0.25, -0.2) is 8.42 Å². The second kappa shape index (κ2) is 10.3. The van der Waals surface area contributed by atoms with Crippen LogP contribution < -0.4 is 10.1 Å². The summed E-state index contributed by atoms with van der Waals surface area (Å²) < 4.78 is 32.9. The maximum absolute atomic E-state index is 13.1. The van der Waals surface area contributed by atoms with E-state index in [2.05, 4.69) is 27.7 Å². The van der Waals surface area contributed by atoms with Gasteiger partial charge in [-0.05, 0) is 67.8 Å². The van der Waals surface area contributed by atoms with Gasteiger partial charge in [-0.15, -0.1) is 11.3 Å². The van der Waals surface area contributed by atoms with Gasteiger partial charge in [0.1, 0.15) is 10.6 Å². The average molecular weight is 478 g/mol. The molecule has 3 heterocycles. The minimum absolute atomic E-state index is 0.0642. The van der Waals surface area contributed by atoms with Crippen LogP contribution in [0.3, 0.4) is 0 Å². The Morgan fingerprint density at radius 1 is 1.19 bits per heavy atom. The summed E-state index contributed by atoms with van der Waals surface area (Å²) in [6.07, 6.45) is 3.91. The van der Waals surface area contributed by atoms with Crippen molar-refractivity contribution in [3.8, 4) is 5.75 Å². The molecule has 2 fully saturated rings. The predicted molar refractivity (Wildman–Crippen MR) is 126 cm³/mol. The molecule has 1 aromatic carbocycles. The largest absolute Gasteiger partial charge is 0.495 e.